The Morgan fingerprint density at radius 3 is 2.53 bits per heavy atom. The van der Waals surface area contributed by atoms with Crippen LogP contribution in [-0.4, -0.2) is 27.6 Å². The third-order valence-electron chi connectivity index (χ3n) is 4.74. The molecule has 1 fully saturated rings. The van der Waals surface area contributed by atoms with Gasteiger partial charge in [0, 0.05) is 6.61 Å². The van der Waals surface area contributed by atoms with Gasteiger partial charge in [-0.2, -0.15) is 0 Å². The predicted molar refractivity (Wildman–Crippen MR) is 85.0 cm³/mol. The minimum atomic E-state index is -1.56. The van der Waals surface area contributed by atoms with Crippen molar-refractivity contribution in [2.45, 2.75) is 70.7 Å². The van der Waals surface area contributed by atoms with Crippen LogP contribution >= 0.6 is 0 Å². The zero-order valence-electron chi connectivity index (χ0n) is 13.5. The normalized spacial score (nSPS) is 24.7. The number of hydrogen-bond acceptors (Lipinski definition) is 2. The highest BCUT2D eigenvalue weighted by molar-refractivity contribution is 6.74. The van der Waals surface area contributed by atoms with E-state index in [2.05, 4.69) is 40.4 Å². The lowest BCUT2D eigenvalue weighted by atomic mass is 10.1. The molecule has 0 amide bonds. The van der Waals surface area contributed by atoms with Crippen LogP contribution in [0.3, 0.4) is 0 Å². The van der Waals surface area contributed by atoms with Crippen LogP contribution in [0.25, 0.3) is 0 Å². The molecule has 1 aliphatic carbocycles. The molecule has 0 bridgehead atoms. The number of hydrogen-bond donors (Lipinski definition) is 0. The van der Waals surface area contributed by atoms with Gasteiger partial charge in [0.1, 0.15) is 0 Å². The van der Waals surface area contributed by atoms with Gasteiger partial charge in [0.05, 0.1) is 12.7 Å². The number of ether oxygens (including phenoxy) is 1. The van der Waals surface area contributed by atoms with E-state index in [0.717, 1.165) is 12.5 Å². The lowest BCUT2D eigenvalue weighted by molar-refractivity contribution is 0.0759. The van der Waals surface area contributed by atoms with Crippen molar-refractivity contribution in [3.63, 3.8) is 0 Å². The van der Waals surface area contributed by atoms with Gasteiger partial charge in [0.2, 0.25) is 0 Å². The third kappa shape index (κ3) is 5.40. The van der Waals surface area contributed by atoms with Crippen molar-refractivity contribution in [1.82, 2.24) is 0 Å². The Hall–Kier alpha value is -0.123. The number of rotatable bonds is 7. The van der Waals surface area contributed by atoms with Crippen LogP contribution in [0.5, 0.6) is 0 Å². The van der Waals surface area contributed by atoms with Gasteiger partial charge in [-0.1, -0.05) is 26.8 Å². The quantitative estimate of drug-likeness (QED) is 0.495. The Kier molecular flexibility index (Phi) is 6.28. The first-order chi connectivity index (χ1) is 8.76. The average molecular weight is 285 g/mol. The van der Waals surface area contributed by atoms with Crippen LogP contribution in [0.4, 0.5) is 0 Å². The van der Waals surface area contributed by atoms with Gasteiger partial charge in [0.25, 0.3) is 0 Å². The molecule has 19 heavy (non-hydrogen) atoms. The molecule has 1 saturated carbocycles. The Bertz CT molecular complexity index is 281. The summed E-state index contributed by atoms with van der Waals surface area (Å²) < 4.78 is 12.0. The summed E-state index contributed by atoms with van der Waals surface area (Å²) in [7, 11) is -1.56. The summed E-state index contributed by atoms with van der Waals surface area (Å²) in [5, 5.41) is 0.318. The van der Waals surface area contributed by atoms with E-state index in [-0.39, 0.29) is 0 Å². The molecule has 0 heterocycles. The van der Waals surface area contributed by atoms with Crippen molar-refractivity contribution in [2.75, 3.05) is 13.2 Å². The second-order valence-corrected chi connectivity index (χ2v) is 12.1. The molecule has 1 rings (SSSR count). The predicted octanol–water partition coefficient (Wildman–Crippen LogP) is 4.77. The van der Waals surface area contributed by atoms with Crippen LogP contribution in [-0.2, 0) is 9.16 Å². The standard InChI is InChI=1S/C16H32O2Si/c1-7-11-17-15-9-8-14(13-15)10-12-18-19(5,6)16(2,3)4/h7,14-15H,1,8-13H2,2-6H3. The van der Waals surface area contributed by atoms with E-state index in [4.69, 9.17) is 9.16 Å². The summed E-state index contributed by atoms with van der Waals surface area (Å²) in [6, 6.07) is 0. The molecule has 0 radical (unpaired) electrons. The molecule has 3 heteroatoms. The smallest absolute Gasteiger partial charge is 0.191 e. The maximum Gasteiger partial charge on any atom is 0.191 e. The van der Waals surface area contributed by atoms with Gasteiger partial charge in [-0.25, -0.2) is 0 Å². The van der Waals surface area contributed by atoms with Gasteiger partial charge >= 0.3 is 0 Å². The van der Waals surface area contributed by atoms with Crippen molar-refractivity contribution in [1.29, 1.82) is 0 Å². The molecule has 2 atom stereocenters. The van der Waals surface area contributed by atoms with Crippen LogP contribution < -0.4 is 0 Å². The monoisotopic (exact) mass is 284 g/mol. The van der Waals surface area contributed by atoms with E-state index in [1.807, 2.05) is 6.08 Å². The van der Waals surface area contributed by atoms with Crippen molar-refractivity contribution in [2.24, 2.45) is 5.92 Å². The SMILES string of the molecule is C=CCOC1CCC(CCO[Si](C)(C)C(C)(C)C)C1. The highest BCUT2D eigenvalue weighted by atomic mass is 28.4. The summed E-state index contributed by atoms with van der Waals surface area (Å²) in [5.41, 5.74) is 0. The largest absolute Gasteiger partial charge is 0.417 e. The van der Waals surface area contributed by atoms with Crippen LogP contribution in [0.15, 0.2) is 12.7 Å². The molecule has 0 aromatic rings. The van der Waals surface area contributed by atoms with Gasteiger partial charge in [-0.05, 0) is 49.7 Å². The average Bonchev–Trinajstić information content (AvgIpc) is 2.72. The van der Waals surface area contributed by atoms with Crippen molar-refractivity contribution < 1.29 is 9.16 Å². The van der Waals surface area contributed by atoms with Gasteiger partial charge in [-0.15, -0.1) is 6.58 Å². The van der Waals surface area contributed by atoms with Gasteiger partial charge in [0.15, 0.2) is 8.32 Å². The van der Waals surface area contributed by atoms with Crippen LogP contribution in [0, 0.1) is 5.92 Å². The molecular formula is C16H32O2Si. The van der Waals surface area contributed by atoms with E-state index in [0.29, 0.717) is 17.7 Å². The summed E-state index contributed by atoms with van der Waals surface area (Å²) in [5.74, 6) is 0.791. The Balaban J connectivity index is 2.22. The van der Waals surface area contributed by atoms with E-state index >= 15 is 0 Å². The molecule has 0 saturated heterocycles. The van der Waals surface area contributed by atoms with Gasteiger partial charge < -0.3 is 9.16 Å². The van der Waals surface area contributed by atoms with E-state index < -0.39 is 8.32 Å². The summed E-state index contributed by atoms with van der Waals surface area (Å²) in [6.45, 7) is 16.9. The molecule has 0 N–H and O–H groups in total. The minimum absolute atomic E-state index is 0.318. The van der Waals surface area contributed by atoms with Crippen molar-refractivity contribution in [3.8, 4) is 0 Å². The second kappa shape index (κ2) is 7.05. The molecule has 1 aliphatic rings. The zero-order chi connectivity index (χ0) is 14.5. The Labute approximate surface area is 120 Å². The van der Waals surface area contributed by atoms with E-state index in [1.54, 1.807) is 0 Å². The van der Waals surface area contributed by atoms with Crippen LogP contribution in [0.2, 0.25) is 18.1 Å². The highest BCUT2D eigenvalue weighted by Gasteiger charge is 2.37. The Morgan fingerprint density at radius 2 is 1.95 bits per heavy atom. The first-order valence-electron chi connectivity index (χ1n) is 7.62. The molecule has 0 aromatic carbocycles. The van der Waals surface area contributed by atoms with E-state index in [1.165, 1.54) is 25.7 Å². The van der Waals surface area contributed by atoms with Crippen LogP contribution in [0.1, 0.15) is 46.5 Å². The maximum atomic E-state index is 6.25. The molecular weight excluding hydrogens is 252 g/mol. The highest BCUT2D eigenvalue weighted by Crippen LogP contribution is 2.37. The third-order valence-corrected chi connectivity index (χ3v) is 9.28. The van der Waals surface area contributed by atoms with Gasteiger partial charge in [-0.3, -0.25) is 0 Å². The molecule has 0 aliphatic heterocycles. The molecule has 2 nitrogen and oxygen atoms in total. The summed E-state index contributed by atoms with van der Waals surface area (Å²) in [4.78, 5) is 0. The fourth-order valence-corrected chi connectivity index (χ4v) is 3.41. The topological polar surface area (TPSA) is 18.5 Å². The first kappa shape index (κ1) is 16.9. The fourth-order valence-electron chi connectivity index (χ4n) is 2.34. The lowest BCUT2D eigenvalue weighted by Gasteiger charge is -2.36. The molecule has 0 spiro atoms. The molecule has 0 aromatic heterocycles. The minimum Gasteiger partial charge on any atom is -0.417 e. The molecule has 2 unspecified atom stereocenters. The maximum absolute atomic E-state index is 6.25. The summed E-state index contributed by atoms with van der Waals surface area (Å²) >= 11 is 0. The fraction of sp³-hybridized carbons (Fsp3) is 0.875. The van der Waals surface area contributed by atoms with Crippen molar-refractivity contribution in [3.05, 3.63) is 12.7 Å². The first-order valence-corrected chi connectivity index (χ1v) is 10.5. The zero-order valence-corrected chi connectivity index (χ0v) is 14.5. The summed E-state index contributed by atoms with van der Waals surface area (Å²) in [6.07, 6.45) is 7.19. The van der Waals surface area contributed by atoms with E-state index in [9.17, 15) is 0 Å². The van der Waals surface area contributed by atoms with Crippen molar-refractivity contribution >= 4 is 8.32 Å². The Morgan fingerprint density at radius 1 is 1.26 bits per heavy atom. The second-order valence-electron chi connectivity index (χ2n) is 7.32. The molecule has 112 valence electrons. The lowest BCUT2D eigenvalue weighted by Crippen LogP contribution is -2.41.